The number of hydrogen-bond donors (Lipinski definition) is 1. The standard InChI is InChI=1S/C13H20N6/c1-10(2)19-13(16-9-17-19)8-18-6-5-14-12(18)7-15-11-3-4-11/h5-6,9-11,15H,3-4,7-8H2,1-2H3. The molecule has 102 valence electrons. The van der Waals surface area contributed by atoms with Crippen LogP contribution in [0.4, 0.5) is 0 Å². The molecular formula is C13H20N6. The molecule has 2 aromatic rings. The van der Waals surface area contributed by atoms with Crippen LogP contribution in [0.25, 0.3) is 0 Å². The van der Waals surface area contributed by atoms with Crippen molar-refractivity contribution in [2.45, 2.75) is 51.9 Å². The third-order valence-electron chi connectivity index (χ3n) is 3.38. The van der Waals surface area contributed by atoms with E-state index in [1.807, 2.05) is 17.1 Å². The van der Waals surface area contributed by atoms with Gasteiger partial charge in [0.2, 0.25) is 0 Å². The fourth-order valence-corrected chi connectivity index (χ4v) is 2.15. The third kappa shape index (κ3) is 2.84. The van der Waals surface area contributed by atoms with Gasteiger partial charge in [-0.25, -0.2) is 14.6 Å². The molecule has 0 atom stereocenters. The van der Waals surface area contributed by atoms with Crippen molar-refractivity contribution in [1.82, 2.24) is 29.6 Å². The lowest BCUT2D eigenvalue weighted by Crippen LogP contribution is -2.20. The van der Waals surface area contributed by atoms with Gasteiger partial charge in [0.15, 0.2) is 0 Å². The van der Waals surface area contributed by atoms with Crippen molar-refractivity contribution in [2.75, 3.05) is 0 Å². The average Bonchev–Trinajstić information content (AvgIpc) is 2.92. The molecule has 0 saturated heterocycles. The fourth-order valence-electron chi connectivity index (χ4n) is 2.15. The molecule has 3 rings (SSSR count). The maximum absolute atomic E-state index is 4.41. The molecule has 1 aliphatic rings. The maximum atomic E-state index is 4.41. The Hall–Kier alpha value is -1.69. The lowest BCUT2D eigenvalue weighted by molar-refractivity contribution is 0.491. The van der Waals surface area contributed by atoms with Crippen LogP contribution < -0.4 is 5.32 Å². The van der Waals surface area contributed by atoms with Crippen molar-refractivity contribution in [3.05, 3.63) is 30.4 Å². The van der Waals surface area contributed by atoms with Crippen molar-refractivity contribution < 1.29 is 0 Å². The van der Waals surface area contributed by atoms with Crippen LogP contribution in [0.5, 0.6) is 0 Å². The van der Waals surface area contributed by atoms with Crippen LogP contribution >= 0.6 is 0 Å². The van der Waals surface area contributed by atoms with Crippen molar-refractivity contribution >= 4 is 0 Å². The highest BCUT2D eigenvalue weighted by Gasteiger charge is 2.21. The highest BCUT2D eigenvalue weighted by molar-refractivity contribution is 4.98. The Morgan fingerprint density at radius 1 is 1.32 bits per heavy atom. The van der Waals surface area contributed by atoms with E-state index in [4.69, 9.17) is 0 Å². The first-order valence-electron chi connectivity index (χ1n) is 6.86. The van der Waals surface area contributed by atoms with Crippen molar-refractivity contribution in [3.8, 4) is 0 Å². The summed E-state index contributed by atoms with van der Waals surface area (Å²) in [5.74, 6) is 2.03. The topological polar surface area (TPSA) is 60.6 Å². The normalized spacial score (nSPS) is 15.3. The molecule has 0 aliphatic heterocycles. The van der Waals surface area contributed by atoms with Crippen LogP contribution in [0.2, 0.25) is 0 Å². The van der Waals surface area contributed by atoms with E-state index in [2.05, 4.69) is 38.8 Å². The number of hydrogen-bond acceptors (Lipinski definition) is 4. The molecule has 0 radical (unpaired) electrons. The molecule has 0 unspecified atom stereocenters. The van der Waals surface area contributed by atoms with Crippen molar-refractivity contribution in [1.29, 1.82) is 0 Å². The number of nitrogens with one attached hydrogen (secondary N) is 1. The molecule has 0 aromatic carbocycles. The van der Waals surface area contributed by atoms with Crippen LogP contribution in [0.1, 0.15) is 44.4 Å². The van der Waals surface area contributed by atoms with Crippen LogP contribution in [0, 0.1) is 0 Å². The van der Waals surface area contributed by atoms with Gasteiger partial charge in [-0.15, -0.1) is 0 Å². The van der Waals surface area contributed by atoms with E-state index in [0.29, 0.717) is 12.1 Å². The molecule has 2 aromatic heterocycles. The molecule has 2 heterocycles. The average molecular weight is 260 g/mol. The molecular weight excluding hydrogens is 240 g/mol. The first-order valence-corrected chi connectivity index (χ1v) is 6.86. The summed E-state index contributed by atoms with van der Waals surface area (Å²) in [6.07, 6.45) is 8.06. The van der Waals surface area contributed by atoms with Gasteiger partial charge in [0.05, 0.1) is 13.1 Å². The lowest BCUT2D eigenvalue weighted by Gasteiger charge is -2.11. The predicted molar refractivity (Wildman–Crippen MR) is 71.6 cm³/mol. The van der Waals surface area contributed by atoms with E-state index in [1.54, 1.807) is 6.33 Å². The Morgan fingerprint density at radius 2 is 2.16 bits per heavy atom. The van der Waals surface area contributed by atoms with Gasteiger partial charge < -0.3 is 9.88 Å². The number of imidazole rings is 1. The van der Waals surface area contributed by atoms with Gasteiger partial charge in [-0.2, -0.15) is 5.10 Å². The molecule has 1 saturated carbocycles. The predicted octanol–water partition coefficient (Wildman–Crippen LogP) is 1.36. The summed E-state index contributed by atoms with van der Waals surface area (Å²) in [7, 11) is 0. The Kier molecular flexibility index (Phi) is 3.33. The molecule has 0 spiro atoms. The van der Waals surface area contributed by atoms with E-state index in [1.165, 1.54) is 12.8 Å². The van der Waals surface area contributed by atoms with Gasteiger partial charge in [-0.05, 0) is 26.7 Å². The van der Waals surface area contributed by atoms with E-state index in [-0.39, 0.29) is 0 Å². The molecule has 1 fully saturated rings. The summed E-state index contributed by atoms with van der Waals surface area (Å²) in [5, 5.41) is 7.76. The SMILES string of the molecule is CC(C)n1ncnc1Cn1ccnc1CNC1CC1. The summed E-state index contributed by atoms with van der Waals surface area (Å²) in [5.41, 5.74) is 0. The van der Waals surface area contributed by atoms with Crippen molar-refractivity contribution in [3.63, 3.8) is 0 Å². The minimum atomic E-state index is 0.328. The van der Waals surface area contributed by atoms with E-state index in [0.717, 1.165) is 24.7 Å². The largest absolute Gasteiger partial charge is 0.326 e. The quantitative estimate of drug-likeness (QED) is 0.852. The first kappa shape index (κ1) is 12.3. The molecule has 0 amide bonds. The Balaban J connectivity index is 1.71. The van der Waals surface area contributed by atoms with E-state index >= 15 is 0 Å². The van der Waals surface area contributed by atoms with Gasteiger partial charge in [0, 0.05) is 24.5 Å². The van der Waals surface area contributed by atoms with Gasteiger partial charge in [-0.3, -0.25) is 0 Å². The molecule has 19 heavy (non-hydrogen) atoms. The second kappa shape index (κ2) is 5.13. The first-order chi connectivity index (χ1) is 9.24. The lowest BCUT2D eigenvalue weighted by atomic mass is 10.4. The van der Waals surface area contributed by atoms with Crippen LogP contribution in [-0.2, 0) is 13.1 Å². The highest BCUT2D eigenvalue weighted by atomic mass is 15.4. The maximum Gasteiger partial charge on any atom is 0.147 e. The van der Waals surface area contributed by atoms with E-state index in [9.17, 15) is 0 Å². The summed E-state index contributed by atoms with van der Waals surface area (Å²) in [6, 6.07) is 1.03. The number of nitrogens with zero attached hydrogens (tertiary/aromatic N) is 5. The third-order valence-corrected chi connectivity index (χ3v) is 3.38. The summed E-state index contributed by atoms with van der Waals surface area (Å²) >= 11 is 0. The fraction of sp³-hybridized carbons (Fsp3) is 0.615. The Bertz CT molecular complexity index is 537. The highest BCUT2D eigenvalue weighted by Crippen LogP contribution is 2.19. The summed E-state index contributed by atoms with van der Waals surface area (Å²) < 4.78 is 4.09. The Morgan fingerprint density at radius 3 is 2.89 bits per heavy atom. The van der Waals surface area contributed by atoms with Crippen LogP contribution in [-0.4, -0.2) is 30.4 Å². The second-order valence-electron chi connectivity index (χ2n) is 5.34. The molecule has 1 N–H and O–H groups in total. The monoisotopic (exact) mass is 260 g/mol. The van der Waals surface area contributed by atoms with Gasteiger partial charge in [0.1, 0.15) is 18.0 Å². The van der Waals surface area contributed by atoms with Gasteiger partial charge >= 0.3 is 0 Å². The molecule has 6 heteroatoms. The Labute approximate surface area is 112 Å². The minimum absolute atomic E-state index is 0.328. The van der Waals surface area contributed by atoms with Crippen LogP contribution in [0.3, 0.4) is 0 Å². The molecule has 0 bridgehead atoms. The second-order valence-corrected chi connectivity index (χ2v) is 5.34. The van der Waals surface area contributed by atoms with Crippen molar-refractivity contribution in [2.24, 2.45) is 0 Å². The number of aromatic nitrogens is 5. The zero-order valence-electron chi connectivity index (χ0n) is 11.5. The zero-order valence-corrected chi connectivity index (χ0v) is 11.5. The smallest absolute Gasteiger partial charge is 0.147 e. The van der Waals surface area contributed by atoms with Gasteiger partial charge in [0.25, 0.3) is 0 Å². The molecule has 1 aliphatic carbocycles. The summed E-state index contributed by atoms with van der Waals surface area (Å²) in [6.45, 7) is 5.77. The minimum Gasteiger partial charge on any atom is -0.326 e. The zero-order chi connectivity index (χ0) is 13.2. The van der Waals surface area contributed by atoms with Crippen LogP contribution in [0.15, 0.2) is 18.7 Å². The molecule has 6 nitrogen and oxygen atoms in total. The number of rotatable bonds is 6. The van der Waals surface area contributed by atoms with Gasteiger partial charge in [-0.1, -0.05) is 0 Å². The van der Waals surface area contributed by atoms with E-state index < -0.39 is 0 Å². The summed E-state index contributed by atoms with van der Waals surface area (Å²) in [4.78, 5) is 8.76.